The quantitative estimate of drug-likeness (QED) is 0.392. The van der Waals surface area contributed by atoms with Crippen LogP contribution in [0.4, 0.5) is 4.79 Å². The van der Waals surface area contributed by atoms with Gasteiger partial charge in [-0.05, 0) is 13.8 Å². The van der Waals surface area contributed by atoms with Crippen molar-refractivity contribution in [2.45, 2.75) is 13.8 Å². The Morgan fingerprint density at radius 1 is 1.44 bits per heavy atom. The van der Waals surface area contributed by atoms with E-state index in [2.05, 4.69) is 0 Å². The SMILES string of the molecule is CCN(CC)C(=O)[O-].[K+]. The summed E-state index contributed by atoms with van der Waals surface area (Å²) in [4.78, 5) is 11.2. The van der Waals surface area contributed by atoms with Crippen LogP contribution in [0.3, 0.4) is 0 Å². The minimum atomic E-state index is -1.09. The number of hydrogen-bond acceptors (Lipinski definition) is 2. The minimum absolute atomic E-state index is 0. The first-order valence-electron chi connectivity index (χ1n) is 2.68. The van der Waals surface area contributed by atoms with Crippen molar-refractivity contribution in [1.82, 2.24) is 4.90 Å². The largest absolute Gasteiger partial charge is 1.00 e. The average Bonchev–Trinajstić information content (AvgIpc) is 1.69. The molecule has 0 aliphatic rings. The number of carboxylic acid groups (broad SMARTS) is 1. The molecule has 0 heterocycles. The van der Waals surface area contributed by atoms with E-state index in [0.29, 0.717) is 13.1 Å². The Kier molecular flexibility index (Phi) is 9.80. The maximum Gasteiger partial charge on any atom is 1.00 e. The Morgan fingerprint density at radius 3 is 1.78 bits per heavy atom. The monoisotopic (exact) mass is 155 g/mol. The Hall–Kier alpha value is 0.906. The second-order valence-electron chi connectivity index (χ2n) is 1.44. The topological polar surface area (TPSA) is 43.4 Å². The van der Waals surface area contributed by atoms with Crippen LogP contribution >= 0.6 is 0 Å². The second-order valence-corrected chi connectivity index (χ2v) is 1.44. The standard InChI is InChI=1S/C5H11NO2.K/c1-3-6(4-2)5(7)8;/h3-4H2,1-2H3,(H,7,8);/q;+1/p-1. The summed E-state index contributed by atoms with van der Waals surface area (Å²) < 4.78 is 0. The fourth-order valence-corrected chi connectivity index (χ4v) is 0.482. The summed E-state index contributed by atoms with van der Waals surface area (Å²) in [5.74, 6) is 0. The molecule has 0 saturated carbocycles. The number of carbonyl (C=O) groups excluding carboxylic acids is 1. The van der Waals surface area contributed by atoms with E-state index in [9.17, 15) is 9.90 Å². The summed E-state index contributed by atoms with van der Waals surface area (Å²) >= 11 is 0. The molecule has 9 heavy (non-hydrogen) atoms. The zero-order chi connectivity index (χ0) is 6.57. The van der Waals surface area contributed by atoms with Crippen LogP contribution in [0.25, 0.3) is 0 Å². The van der Waals surface area contributed by atoms with E-state index in [0.717, 1.165) is 0 Å². The third-order valence-corrected chi connectivity index (χ3v) is 1.02. The van der Waals surface area contributed by atoms with Crippen molar-refractivity contribution in [3.05, 3.63) is 0 Å². The maximum atomic E-state index is 9.98. The summed E-state index contributed by atoms with van der Waals surface area (Å²) in [7, 11) is 0. The average molecular weight is 155 g/mol. The zero-order valence-electron chi connectivity index (χ0n) is 6.18. The molecule has 0 aromatic heterocycles. The summed E-state index contributed by atoms with van der Waals surface area (Å²) in [6.45, 7) is 4.58. The van der Waals surface area contributed by atoms with Gasteiger partial charge in [0.05, 0.1) is 0 Å². The molecule has 1 amide bonds. The molecule has 0 spiro atoms. The van der Waals surface area contributed by atoms with Gasteiger partial charge in [0, 0.05) is 13.1 Å². The first-order valence-corrected chi connectivity index (χ1v) is 2.68. The van der Waals surface area contributed by atoms with Gasteiger partial charge in [-0.3, -0.25) is 0 Å². The Balaban J connectivity index is 0. The second kappa shape index (κ2) is 7.02. The molecule has 0 aromatic carbocycles. The summed E-state index contributed by atoms with van der Waals surface area (Å²) in [6.07, 6.45) is -1.09. The summed E-state index contributed by atoms with van der Waals surface area (Å²) in [5.41, 5.74) is 0. The molecule has 0 N–H and O–H groups in total. The molecule has 0 saturated heterocycles. The van der Waals surface area contributed by atoms with Gasteiger partial charge >= 0.3 is 51.4 Å². The first-order chi connectivity index (χ1) is 3.72. The number of rotatable bonds is 2. The maximum absolute atomic E-state index is 9.98. The van der Waals surface area contributed by atoms with Crippen LogP contribution in [0, 0.1) is 0 Å². The van der Waals surface area contributed by atoms with Crippen LogP contribution in [-0.4, -0.2) is 24.1 Å². The number of nitrogens with zero attached hydrogens (tertiary/aromatic N) is 1. The van der Waals surface area contributed by atoms with E-state index in [4.69, 9.17) is 0 Å². The number of carbonyl (C=O) groups is 1. The molecule has 0 aliphatic heterocycles. The van der Waals surface area contributed by atoms with E-state index in [1.54, 1.807) is 13.8 Å². The first kappa shape index (κ1) is 12.6. The van der Waals surface area contributed by atoms with E-state index < -0.39 is 6.09 Å². The normalized spacial score (nSPS) is 7.78. The predicted molar refractivity (Wildman–Crippen MR) is 28.3 cm³/mol. The Labute approximate surface area is 97.8 Å². The molecule has 0 aliphatic carbocycles. The predicted octanol–water partition coefficient (Wildman–Crippen LogP) is -3.32. The van der Waals surface area contributed by atoms with Gasteiger partial charge < -0.3 is 14.8 Å². The van der Waals surface area contributed by atoms with E-state index >= 15 is 0 Å². The van der Waals surface area contributed by atoms with Gasteiger partial charge in [0.25, 0.3) is 0 Å². The minimum Gasteiger partial charge on any atom is -0.530 e. The molecule has 48 valence electrons. The van der Waals surface area contributed by atoms with Gasteiger partial charge in [-0.1, -0.05) is 0 Å². The van der Waals surface area contributed by atoms with Crippen molar-refractivity contribution in [2.75, 3.05) is 13.1 Å². The smallest absolute Gasteiger partial charge is 0.530 e. The van der Waals surface area contributed by atoms with E-state index in [-0.39, 0.29) is 51.4 Å². The zero-order valence-corrected chi connectivity index (χ0v) is 9.30. The van der Waals surface area contributed by atoms with Gasteiger partial charge in [0.2, 0.25) is 0 Å². The number of hydrogen-bond donors (Lipinski definition) is 0. The molecule has 0 bridgehead atoms. The van der Waals surface area contributed by atoms with Gasteiger partial charge in [0.15, 0.2) is 0 Å². The van der Waals surface area contributed by atoms with Crippen molar-refractivity contribution in [3.63, 3.8) is 0 Å². The Bertz CT molecular complexity index is 83.0. The van der Waals surface area contributed by atoms with Crippen LogP contribution in [0.1, 0.15) is 13.8 Å². The Morgan fingerprint density at radius 2 is 1.78 bits per heavy atom. The van der Waals surface area contributed by atoms with Crippen molar-refractivity contribution < 1.29 is 61.3 Å². The van der Waals surface area contributed by atoms with Crippen molar-refractivity contribution in [3.8, 4) is 0 Å². The van der Waals surface area contributed by atoms with Crippen molar-refractivity contribution in [2.24, 2.45) is 0 Å². The molecule has 0 unspecified atom stereocenters. The van der Waals surface area contributed by atoms with Crippen LogP contribution in [0.5, 0.6) is 0 Å². The third-order valence-electron chi connectivity index (χ3n) is 1.02. The third kappa shape index (κ3) is 5.36. The molecule has 0 radical (unpaired) electrons. The molecule has 0 rings (SSSR count). The summed E-state index contributed by atoms with van der Waals surface area (Å²) in [6, 6.07) is 0. The molecule has 0 atom stereocenters. The molecule has 4 heteroatoms. The van der Waals surface area contributed by atoms with Crippen molar-refractivity contribution >= 4 is 6.09 Å². The molecule has 0 fully saturated rings. The van der Waals surface area contributed by atoms with Gasteiger partial charge in [-0.2, -0.15) is 0 Å². The van der Waals surface area contributed by atoms with Gasteiger partial charge in [-0.25, -0.2) is 0 Å². The summed E-state index contributed by atoms with van der Waals surface area (Å²) in [5, 5.41) is 9.98. The fourth-order valence-electron chi connectivity index (χ4n) is 0.482. The molecular weight excluding hydrogens is 145 g/mol. The van der Waals surface area contributed by atoms with Crippen LogP contribution < -0.4 is 56.5 Å². The van der Waals surface area contributed by atoms with Crippen LogP contribution in [-0.2, 0) is 0 Å². The van der Waals surface area contributed by atoms with Gasteiger partial charge in [-0.15, -0.1) is 0 Å². The molecule has 3 nitrogen and oxygen atoms in total. The fraction of sp³-hybridized carbons (Fsp3) is 0.800. The van der Waals surface area contributed by atoms with Crippen molar-refractivity contribution in [1.29, 1.82) is 0 Å². The van der Waals surface area contributed by atoms with Crippen LogP contribution in [0.2, 0.25) is 0 Å². The van der Waals surface area contributed by atoms with Gasteiger partial charge in [0.1, 0.15) is 6.09 Å². The number of amides is 1. The molecular formula is C5H10KNO2. The van der Waals surface area contributed by atoms with Crippen LogP contribution in [0.15, 0.2) is 0 Å². The van der Waals surface area contributed by atoms with E-state index in [1.165, 1.54) is 4.90 Å². The molecule has 0 aromatic rings. The van der Waals surface area contributed by atoms with E-state index in [1.807, 2.05) is 0 Å².